The van der Waals surface area contributed by atoms with Gasteiger partial charge in [0.05, 0.1) is 24.6 Å². The van der Waals surface area contributed by atoms with Crippen molar-refractivity contribution in [3.05, 3.63) is 18.2 Å². The van der Waals surface area contributed by atoms with Gasteiger partial charge in [-0.3, -0.25) is 13.6 Å². The molecular weight excluding hydrogens is 368 g/mol. The Labute approximate surface area is 148 Å². The molecule has 12 heteroatoms. The lowest BCUT2D eigenvalue weighted by Crippen LogP contribution is -2.44. The van der Waals surface area contributed by atoms with Crippen molar-refractivity contribution in [3.63, 3.8) is 0 Å². The van der Waals surface area contributed by atoms with Crippen LogP contribution in [0.4, 0.5) is 10.2 Å². The van der Waals surface area contributed by atoms with E-state index in [4.69, 9.17) is 24.0 Å². The van der Waals surface area contributed by atoms with Crippen molar-refractivity contribution < 1.29 is 27.3 Å². The first-order valence-electron chi connectivity index (χ1n) is 8.11. The van der Waals surface area contributed by atoms with Crippen molar-refractivity contribution in [2.75, 3.05) is 12.3 Å². The molecule has 2 aliphatic rings. The van der Waals surface area contributed by atoms with Crippen molar-refractivity contribution in [2.24, 2.45) is 0 Å². The normalized spacial score (nSPS) is 37.3. The molecule has 142 valence electrons. The Morgan fingerprint density at radius 3 is 3.00 bits per heavy atom. The fourth-order valence-corrected chi connectivity index (χ4v) is 4.86. The summed E-state index contributed by atoms with van der Waals surface area (Å²) >= 11 is 0. The zero-order valence-electron chi connectivity index (χ0n) is 14.4. The molecule has 2 aromatic heterocycles. The van der Waals surface area contributed by atoms with Crippen LogP contribution in [-0.4, -0.2) is 50.2 Å². The summed E-state index contributed by atoms with van der Waals surface area (Å²) in [6.45, 7) is 4.57. The molecule has 4 rings (SSSR count). The van der Waals surface area contributed by atoms with Crippen LogP contribution in [0.25, 0.3) is 5.65 Å². The molecule has 2 aromatic rings. The number of nitrogens with two attached hydrogens (primary N) is 1. The minimum Gasteiger partial charge on any atom is -0.381 e. The fraction of sp³-hybridized carbons (Fsp3) is 0.643. The van der Waals surface area contributed by atoms with Gasteiger partial charge in [0, 0.05) is 0 Å². The Morgan fingerprint density at radius 2 is 2.27 bits per heavy atom. The topological polar surface area (TPSA) is 123 Å². The lowest BCUT2D eigenvalue weighted by Gasteiger charge is -2.34. The predicted molar refractivity (Wildman–Crippen MR) is 87.0 cm³/mol. The zero-order valence-corrected chi connectivity index (χ0v) is 15.3. The van der Waals surface area contributed by atoms with E-state index in [-0.39, 0.29) is 12.4 Å². The van der Waals surface area contributed by atoms with E-state index in [0.717, 1.165) is 0 Å². The lowest BCUT2D eigenvalue weighted by molar-refractivity contribution is -0.0665. The fourth-order valence-electron chi connectivity index (χ4n) is 3.23. The van der Waals surface area contributed by atoms with Gasteiger partial charge in [0.15, 0.2) is 17.1 Å². The largest absolute Gasteiger partial charge is 0.475 e. The number of hydrogen-bond acceptors (Lipinski definition) is 9. The molecule has 0 spiro atoms. The molecule has 0 aromatic carbocycles. The molecule has 2 unspecified atom stereocenters. The van der Waals surface area contributed by atoms with Gasteiger partial charge in [-0.15, -0.1) is 0 Å². The summed E-state index contributed by atoms with van der Waals surface area (Å²) in [5, 5.41) is 4.06. The standard InChI is InChI=1S/C14H19FN5O5P/c1-7(2)24-26(21)22-5-9-11(25-26)14(3,15)10(23-9)8-4-17-13-12(16)18-6-19-20(8)13/h4,6-7,9-11H,5H2,1-3H3,(H2,16,18,19)/t9-,10+,11?,14+,26?/m1/s1. The number of ether oxygens (including phenoxy) is 1. The summed E-state index contributed by atoms with van der Waals surface area (Å²) in [4.78, 5) is 7.98. The number of imidazole rings is 1. The van der Waals surface area contributed by atoms with Gasteiger partial charge in [-0.25, -0.2) is 23.4 Å². The second kappa shape index (κ2) is 5.93. The van der Waals surface area contributed by atoms with Crippen LogP contribution in [-0.2, 0) is 22.9 Å². The van der Waals surface area contributed by atoms with Crippen molar-refractivity contribution in [2.45, 2.75) is 50.9 Å². The highest BCUT2D eigenvalue weighted by atomic mass is 31.2. The van der Waals surface area contributed by atoms with Gasteiger partial charge in [0.1, 0.15) is 24.6 Å². The van der Waals surface area contributed by atoms with Crippen molar-refractivity contribution >= 4 is 19.3 Å². The quantitative estimate of drug-likeness (QED) is 0.786. The van der Waals surface area contributed by atoms with Crippen molar-refractivity contribution in [3.8, 4) is 0 Å². The zero-order chi connectivity index (χ0) is 18.7. The van der Waals surface area contributed by atoms with Crippen molar-refractivity contribution in [1.82, 2.24) is 19.6 Å². The van der Waals surface area contributed by atoms with Crippen molar-refractivity contribution in [1.29, 1.82) is 0 Å². The van der Waals surface area contributed by atoms with E-state index < -0.39 is 37.9 Å². The number of hydrogen-bond donors (Lipinski definition) is 1. The van der Waals surface area contributed by atoms with Gasteiger partial charge in [0.2, 0.25) is 0 Å². The third-order valence-corrected chi connectivity index (χ3v) is 5.95. The third-order valence-electron chi connectivity index (χ3n) is 4.32. The minimum absolute atomic E-state index is 0.113. The monoisotopic (exact) mass is 387 g/mol. The Bertz CT molecular complexity index is 890. The minimum atomic E-state index is -3.87. The number of rotatable bonds is 3. The number of halogens is 1. The summed E-state index contributed by atoms with van der Waals surface area (Å²) in [6, 6.07) is 0. The van der Waals surface area contributed by atoms with Crippen LogP contribution in [0.15, 0.2) is 12.5 Å². The number of anilines is 1. The van der Waals surface area contributed by atoms with Crippen LogP contribution in [0.5, 0.6) is 0 Å². The Kier molecular flexibility index (Phi) is 4.05. The number of phosphoric acid groups is 1. The molecule has 0 bridgehead atoms. The maximum absolute atomic E-state index is 15.7. The van der Waals surface area contributed by atoms with E-state index in [1.54, 1.807) is 13.8 Å². The molecule has 10 nitrogen and oxygen atoms in total. The molecule has 0 radical (unpaired) electrons. The van der Waals surface area contributed by atoms with Crippen LogP contribution in [0.2, 0.25) is 0 Å². The Hall–Kier alpha value is -1.65. The van der Waals surface area contributed by atoms with Crippen LogP contribution in [0.3, 0.4) is 0 Å². The first-order valence-corrected chi connectivity index (χ1v) is 9.57. The molecule has 2 fully saturated rings. The smallest absolute Gasteiger partial charge is 0.381 e. The van der Waals surface area contributed by atoms with Crippen LogP contribution >= 0.6 is 7.82 Å². The van der Waals surface area contributed by atoms with E-state index in [9.17, 15) is 4.57 Å². The van der Waals surface area contributed by atoms with Gasteiger partial charge < -0.3 is 10.5 Å². The number of phosphoric ester groups is 1. The average Bonchev–Trinajstić information content (AvgIpc) is 3.07. The van der Waals surface area contributed by atoms with Gasteiger partial charge in [-0.05, 0) is 20.8 Å². The van der Waals surface area contributed by atoms with Gasteiger partial charge in [-0.2, -0.15) is 5.10 Å². The van der Waals surface area contributed by atoms with Gasteiger partial charge >= 0.3 is 7.82 Å². The first-order chi connectivity index (χ1) is 12.2. The maximum atomic E-state index is 15.7. The summed E-state index contributed by atoms with van der Waals surface area (Å²) in [5.74, 6) is 0.164. The molecule has 26 heavy (non-hydrogen) atoms. The van der Waals surface area contributed by atoms with E-state index in [1.165, 1.54) is 24.0 Å². The molecule has 0 saturated carbocycles. The van der Waals surface area contributed by atoms with E-state index in [1.807, 2.05) is 0 Å². The van der Waals surface area contributed by atoms with Gasteiger partial charge in [-0.1, -0.05) is 0 Å². The molecule has 0 amide bonds. The second-order valence-corrected chi connectivity index (χ2v) is 8.27. The first kappa shape index (κ1) is 17.7. The lowest BCUT2D eigenvalue weighted by atomic mass is 9.93. The summed E-state index contributed by atoms with van der Waals surface area (Å²) in [5.41, 5.74) is 4.38. The summed E-state index contributed by atoms with van der Waals surface area (Å²) in [7, 11) is -3.87. The number of aromatic nitrogens is 4. The van der Waals surface area contributed by atoms with Crippen LogP contribution in [0.1, 0.15) is 32.6 Å². The molecule has 0 aliphatic carbocycles. The highest BCUT2D eigenvalue weighted by Crippen LogP contribution is 2.60. The number of nitrogen functional groups attached to an aromatic ring is 1. The molecule has 2 N–H and O–H groups in total. The highest BCUT2D eigenvalue weighted by molar-refractivity contribution is 7.48. The third kappa shape index (κ3) is 2.71. The average molecular weight is 387 g/mol. The number of fused-ring (bicyclic) bond motifs is 2. The molecular formula is C14H19FN5O5P. The SMILES string of the molecule is CC(C)OP1(=O)OC[C@H]2O[C@@H](c3cnc4c(N)ncnn34)[C@](C)(F)C2O1. The molecule has 2 aliphatic heterocycles. The van der Waals surface area contributed by atoms with E-state index >= 15 is 4.39 Å². The summed E-state index contributed by atoms with van der Waals surface area (Å²) < 4.78 is 51.3. The van der Waals surface area contributed by atoms with E-state index in [2.05, 4.69) is 15.1 Å². The van der Waals surface area contributed by atoms with Gasteiger partial charge in [0.25, 0.3) is 0 Å². The molecule has 2 saturated heterocycles. The second-order valence-electron chi connectivity index (χ2n) is 6.69. The Balaban J connectivity index is 1.68. The maximum Gasteiger partial charge on any atom is 0.475 e. The highest BCUT2D eigenvalue weighted by Gasteiger charge is 2.62. The molecule has 5 atom stereocenters. The number of alkyl halides is 1. The predicted octanol–water partition coefficient (Wildman–Crippen LogP) is 1.82. The Morgan fingerprint density at radius 1 is 1.50 bits per heavy atom. The van der Waals surface area contributed by atoms with E-state index in [0.29, 0.717) is 11.3 Å². The summed E-state index contributed by atoms with van der Waals surface area (Å²) in [6.07, 6.45) is -0.690. The van der Waals surface area contributed by atoms with Crippen LogP contribution < -0.4 is 5.73 Å². The molecule has 4 heterocycles. The number of nitrogens with zero attached hydrogens (tertiary/aromatic N) is 4. The van der Waals surface area contributed by atoms with Crippen LogP contribution in [0, 0.1) is 0 Å².